The maximum absolute atomic E-state index is 13.9. The van der Waals surface area contributed by atoms with Crippen molar-refractivity contribution in [1.29, 1.82) is 0 Å². The number of nitrogens with one attached hydrogen (secondary N) is 1. The molecule has 0 aliphatic rings. The smallest absolute Gasteiger partial charge is 0.267 e. The second-order valence-corrected chi connectivity index (χ2v) is 6.03. The molecule has 0 spiro atoms. The molecular formula is C19H15ClFN3O2. The highest BCUT2D eigenvalue weighted by molar-refractivity contribution is 6.30. The van der Waals surface area contributed by atoms with Crippen molar-refractivity contribution in [1.82, 2.24) is 15.1 Å². The number of carbonyl (C=O) groups is 1. The van der Waals surface area contributed by atoms with Crippen molar-refractivity contribution >= 4 is 17.5 Å². The fourth-order valence-electron chi connectivity index (χ4n) is 2.37. The second kappa shape index (κ2) is 7.93. The SMILES string of the molecule is O=C(Cn1nc(-c2ccccc2F)ccc1=O)NCc1ccc(Cl)cc1. The zero-order valence-corrected chi connectivity index (χ0v) is 14.4. The molecule has 3 aromatic rings. The summed E-state index contributed by atoms with van der Waals surface area (Å²) in [6.07, 6.45) is 0. The van der Waals surface area contributed by atoms with Crippen LogP contribution in [0.15, 0.2) is 65.5 Å². The van der Waals surface area contributed by atoms with Crippen molar-refractivity contribution < 1.29 is 9.18 Å². The quantitative estimate of drug-likeness (QED) is 0.749. The van der Waals surface area contributed by atoms with Gasteiger partial charge in [-0.25, -0.2) is 9.07 Å². The first-order valence-electron chi connectivity index (χ1n) is 7.87. The number of rotatable bonds is 5. The monoisotopic (exact) mass is 371 g/mol. The van der Waals surface area contributed by atoms with Gasteiger partial charge in [-0.1, -0.05) is 35.9 Å². The molecule has 0 fully saturated rings. The van der Waals surface area contributed by atoms with Crippen LogP contribution in [0, 0.1) is 5.82 Å². The number of carbonyl (C=O) groups excluding carboxylic acids is 1. The van der Waals surface area contributed by atoms with Crippen molar-refractivity contribution in [3.63, 3.8) is 0 Å². The van der Waals surface area contributed by atoms with E-state index in [0.717, 1.165) is 10.2 Å². The van der Waals surface area contributed by atoms with Crippen LogP contribution in [0.2, 0.25) is 5.02 Å². The molecule has 1 aromatic heterocycles. The molecule has 1 heterocycles. The summed E-state index contributed by atoms with van der Waals surface area (Å²) in [4.78, 5) is 24.1. The molecule has 1 amide bonds. The van der Waals surface area contributed by atoms with E-state index in [0.29, 0.717) is 11.6 Å². The van der Waals surface area contributed by atoms with Crippen LogP contribution in [0.25, 0.3) is 11.3 Å². The number of halogens is 2. The van der Waals surface area contributed by atoms with Gasteiger partial charge in [0, 0.05) is 23.2 Å². The van der Waals surface area contributed by atoms with E-state index in [1.54, 1.807) is 42.5 Å². The molecule has 0 aliphatic carbocycles. The normalized spacial score (nSPS) is 10.5. The van der Waals surface area contributed by atoms with E-state index < -0.39 is 11.4 Å². The van der Waals surface area contributed by atoms with Crippen molar-refractivity contribution in [2.24, 2.45) is 0 Å². The van der Waals surface area contributed by atoms with E-state index in [1.165, 1.54) is 18.2 Å². The number of benzene rings is 2. The molecule has 5 nitrogen and oxygen atoms in total. The molecule has 3 rings (SSSR count). The summed E-state index contributed by atoms with van der Waals surface area (Å²) >= 11 is 5.82. The number of aromatic nitrogens is 2. The Morgan fingerprint density at radius 3 is 2.54 bits per heavy atom. The van der Waals surface area contributed by atoms with Crippen LogP contribution in [0.1, 0.15) is 5.56 Å². The van der Waals surface area contributed by atoms with Gasteiger partial charge in [-0.05, 0) is 35.9 Å². The second-order valence-electron chi connectivity index (χ2n) is 5.60. The lowest BCUT2D eigenvalue weighted by Gasteiger charge is -2.09. The maximum atomic E-state index is 13.9. The van der Waals surface area contributed by atoms with Crippen molar-refractivity contribution in [3.05, 3.63) is 87.4 Å². The van der Waals surface area contributed by atoms with Gasteiger partial charge in [0.05, 0.1) is 5.69 Å². The highest BCUT2D eigenvalue weighted by atomic mass is 35.5. The first kappa shape index (κ1) is 17.8. The third-order valence-electron chi connectivity index (χ3n) is 3.71. The molecular weight excluding hydrogens is 357 g/mol. The molecule has 132 valence electrons. The number of amides is 1. The van der Waals surface area contributed by atoms with Gasteiger partial charge in [0.2, 0.25) is 5.91 Å². The fraction of sp³-hybridized carbons (Fsp3) is 0.105. The Morgan fingerprint density at radius 1 is 1.08 bits per heavy atom. The molecule has 2 aromatic carbocycles. The predicted molar refractivity (Wildman–Crippen MR) is 97.2 cm³/mol. The Labute approximate surface area is 154 Å². The largest absolute Gasteiger partial charge is 0.350 e. The fourth-order valence-corrected chi connectivity index (χ4v) is 2.50. The topological polar surface area (TPSA) is 64.0 Å². The zero-order chi connectivity index (χ0) is 18.5. The summed E-state index contributed by atoms with van der Waals surface area (Å²) in [6.45, 7) is 0.0481. The third-order valence-corrected chi connectivity index (χ3v) is 3.96. The van der Waals surface area contributed by atoms with E-state index >= 15 is 0 Å². The maximum Gasteiger partial charge on any atom is 0.267 e. The van der Waals surface area contributed by atoms with Gasteiger partial charge in [-0.3, -0.25) is 9.59 Å². The summed E-state index contributed by atoms with van der Waals surface area (Å²) in [5.74, 6) is -0.822. The van der Waals surface area contributed by atoms with Gasteiger partial charge in [0.1, 0.15) is 12.4 Å². The minimum absolute atomic E-state index is 0.255. The summed E-state index contributed by atoms with van der Waals surface area (Å²) in [5.41, 5.74) is 0.992. The average Bonchev–Trinajstić information content (AvgIpc) is 2.64. The van der Waals surface area contributed by atoms with Crippen LogP contribution in [0.4, 0.5) is 4.39 Å². The van der Waals surface area contributed by atoms with Crippen molar-refractivity contribution in [3.8, 4) is 11.3 Å². The van der Waals surface area contributed by atoms with E-state index in [-0.39, 0.29) is 23.7 Å². The molecule has 0 radical (unpaired) electrons. The van der Waals surface area contributed by atoms with Gasteiger partial charge in [-0.2, -0.15) is 5.10 Å². The molecule has 0 atom stereocenters. The van der Waals surface area contributed by atoms with Crippen LogP contribution in [0.5, 0.6) is 0 Å². The lowest BCUT2D eigenvalue weighted by Crippen LogP contribution is -2.33. The zero-order valence-electron chi connectivity index (χ0n) is 13.7. The minimum atomic E-state index is -0.447. The van der Waals surface area contributed by atoms with Crippen LogP contribution in [0.3, 0.4) is 0 Å². The predicted octanol–water partition coefficient (Wildman–Crippen LogP) is 3.02. The standard InChI is InChI=1S/C19H15ClFN3O2/c20-14-7-5-13(6-8-14)11-22-18(25)12-24-19(26)10-9-17(23-24)15-3-1-2-4-16(15)21/h1-10H,11-12H2,(H,22,25). The molecule has 0 bridgehead atoms. The van der Waals surface area contributed by atoms with Gasteiger partial charge >= 0.3 is 0 Å². The highest BCUT2D eigenvalue weighted by Crippen LogP contribution is 2.18. The Bertz CT molecular complexity index is 987. The Balaban J connectivity index is 1.72. The molecule has 0 unspecified atom stereocenters. The lowest BCUT2D eigenvalue weighted by molar-refractivity contribution is -0.122. The first-order chi connectivity index (χ1) is 12.5. The van der Waals surface area contributed by atoms with Crippen molar-refractivity contribution in [2.45, 2.75) is 13.1 Å². The Kier molecular flexibility index (Phi) is 5.43. The summed E-state index contributed by atoms with van der Waals surface area (Å²) in [7, 11) is 0. The van der Waals surface area contributed by atoms with Gasteiger partial charge < -0.3 is 5.32 Å². The molecule has 7 heteroatoms. The molecule has 26 heavy (non-hydrogen) atoms. The lowest BCUT2D eigenvalue weighted by atomic mass is 10.1. The third kappa shape index (κ3) is 4.34. The summed E-state index contributed by atoms with van der Waals surface area (Å²) in [5, 5.41) is 7.42. The Morgan fingerprint density at radius 2 is 1.81 bits per heavy atom. The van der Waals surface area contributed by atoms with Gasteiger partial charge in [0.15, 0.2) is 0 Å². The average molecular weight is 372 g/mol. The Hall–Kier alpha value is -2.99. The van der Waals surface area contributed by atoms with E-state index in [4.69, 9.17) is 11.6 Å². The van der Waals surface area contributed by atoms with Gasteiger partial charge in [-0.15, -0.1) is 0 Å². The summed E-state index contributed by atoms with van der Waals surface area (Å²) < 4.78 is 14.9. The number of hydrogen-bond donors (Lipinski definition) is 1. The molecule has 0 saturated heterocycles. The van der Waals surface area contributed by atoms with Gasteiger partial charge in [0.25, 0.3) is 5.56 Å². The molecule has 1 N–H and O–H groups in total. The molecule has 0 saturated carbocycles. The van der Waals surface area contributed by atoms with E-state index in [2.05, 4.69) is 10.4 Å². The molecule has 0 aliphatic heterocycles. The van der Waals surface area contributed by atoms with Crippen LogP contribution in [-0.2, 0) is 17.9 Å². The minimum Gasteiger partial charge on any atom is -0.350 e. The van der Waals surface area contributed by atoms with Crippen molar-refractivity contribution in [2.75, 3.05) is 0 Å². The van der Waals surface area contributed by atoms with E-state index in [9.17, 15) is 14.0 Å². The highest BCUT2D eigenvalue weighted by Gasteiger charge is 2.10. The number of nitrogens with zero attached hydrogens (tertiary/aromatic N) is 2. The van der Waals surface area contributed by atoms with Crippen LogP contribution < -0.4 is 10.9 Å². The number of hydrogen-bond acceptors (Lipinski definition) is 3. The van der Waals surface area contributed by atoms with E-state index in [1.807, 2.05) is 0 Å². The van der Waals surface area contributed by atoms with Crippen LogP contribution >= 0.6 is 11.6 Å². The first-order valence-corrected chi connectivity index (χ1v) is 8.25. The summed E-state index contributed by atoms with van der Waals surface area (Å²) in [6, 6.07) is 15.9. The van der Waals surface area contributed by atoms with Crippen LogP contribution in [-0.4, -0.2) is 15.7 Å².